The molecule has 0 bridgehead atoms. The van der Waals surface area contributed by atoms with Crippen LogP contribution in [-0.4, -0.2) is 41.4 Å². The predicted octanol–water partition coefficient (Wildman–Crippen LogP) is 0.603. The largest absolute Gasteiger partial charge is 0.449 e. The fourth-order valence-electron chi connectivity index (χ4n) is 1.20. The molecule has 14 heavy (non-hydrogen) atoms. The van der Waals surface area contributed by atoms with Crippen molar-refractivity contribution in [3.05, 3.63) is 0 Å². The normalized spacial score (nSPS) is 18.2. The van der Waals surface area contributed by atoms with E-state index in [1.807, 2.05) is 6.92 Å². The molecule has 0 aromatic carbocycles. The molecule has 1 aliphatic heterocycles. The minimum Gasteiger partial charge on any atom is -0.449 e. The molecule has 0 radical (unpaired) electrons. The number of likely N-dealkylation sites (tertiary alicyclic amines) is 1. The van der Waals surface area contributed by atoms with Gasteiger partial charge in [-0.15, -0.1) is 6.42 Å². The summed E-state index contributed by atoms with van der Waals surface area (Å²) in [6.45, 7) is 2.80. The maximum absolute atomic E-state index is 11.2. The first-order valence-corrected chi connectivity index (χ1v) is 4.73. The van der Waals surface area contributed by atoms with Crippen molar-refractivity contribution in [1.82, 2.24) is 4.90 Å². The van der Waals surface area contributed by atoms with Crippen LogP contribution in [0.25, 0.3) is 0 Å². The zero-order valence-electron chi connectivity index (χ0n) is 8.32. The van der Waals surface area contributed by atoms with Crippen molar-refractivity contribution in [2.45, 2.75) is 25.4 Å². The van der Waals surface area contributed by atoms with Crippen molar-refractivity contribution in [2.75, 3.05) is 19.7 Å². The van der Waals surface area contributed by atoms with Crippen LogP contribution in [0.15, 0.2) is 0 Å². The van der Waals surface area contributed by atoms with Gasteiger partial charge in [0.25, 0.3) is 0 Å². The van der Waals surface area contributed by atoms with Gasteiger partial charge in [-0.05, 0) is 6.42 Å². The Balaban J connectivity index is 2.20. The molecular weight excluding hydrogens is 182 g/mol. The van der Waals surface area contributed by atoms with E-state index in [1.54, 1.807) is 0 Å². The summed E-state index contributed by atoms with van der Waals surface area (Å²) >= 11 is 0. The molecule has 1 saturated heterocycles. The number of nitrogens with zero attached hydrogens (tertiary/aromatic N) is 1. The second-order valence-corrected chi connectivity index (χ2v) is 3.50. The van der Waals surface area contributed by atoms with Gasteiger partial charge in [-0.2, -0.15) is 0 Å². The molecule has 1 aliphatic rings. The Hall–Kier alpha value is -1.21. The molecule has 1 rings (SSSR count). The summed E-state index contributed by atoms with van der Waals surface area (Å²) in [6, 6.07) is 0. The highest BCUT2D eigenvalue weighted by Crippen LogP contribution is 2.20. The molecule has 0 atom stereocenters. The molecule has 4 nitrogen and oxygen atoms in total. The summed E-state index contributed by atoms with van der Waals surface area (Å²) in [7, 11) is 0. The van der Waals surface area contributed by atoms with Gasteiger partial charge in [0, 0.05) is 0 Å². The standard InChI is InChI=1S/C10H15NO3/c1-3-5-6-14-9(12)11-7-10(13,4-2)8-11/h2,13H,3,5-8H2,1H3. The quantitative estimate of drug-likeness (QED) is 0.532. The molecule has 1 N–H and O–H groups in total. The fourth-order valence-corrected chi connectivity index (χ4v) is 1.20. The lowest BCUT2D eigenvalue weighted by Crippen LogP contribution is -2.62. The monoisotopic (exact) mass is 197 g/mol. The average molecular weight is 197 g/mol. The summed E-state index contributed by atoms with van der Waals surface area (Å²) in [6.07, 6.45) is 6.53. The first kappa shape index (κ1) is 10.9. The number of aliphatic hydroxyl groups is 1. The van der Waals surface area contributed by atoms with Gasteiger partial charge in [-0.1, -0.05) is 19.3 Å². The third-order valence-electron chi connectivity index (χ3n) is 2.16. The van der Waals surface area contributed by atoms with Crippen LogP contribution in [0.2, 0.25) is 0 Å². The van der Waals surface area contributed by atoms with E-state index in [4.69, 9.17) is 11.2 Å². The first-order chi connectivity index (χ1) is 6.61. The smallest absolute Gasteiger partial charge is 0.410 e. The molecule has 1 heterocycles. The van der Waals surface area contributed by atoms with Gasteiger partial charge in [-0.3, -0.25) is 0 Å². The number of hydrogen-bond donors (Lipinski definition) is 1. The van der Waals surface area contributed by atoms with E-state index in [0.717, 1.165) is 12.8 Å². The van der Waals surface area contributed by atoms with Crippen LogP contribution >= 0.6 is 0 Å². The lowest BCUT2D eigenvalue weighted by atomic mass is 9.96. The van der Waals surface area contributed by atoms with Crippen molar-refractivity contribution in [3.63, 3.8) is 0 Å². The highest BCUT2D eigenvalue weighted by atomic mass is 16.6. The molecule has 0 aromatic rings. The number of amides is 1. The van der Waals surface area contributed by atoms with Gasteiger partial charge in [-0.25, -0.2) is 4.79 Å². The van der Waals surface area contributed by atoms with E-state index >= 15 is 0 Å². The summed E-state index contributed by atoms with van der Waals surface area (Å²) in [5, 5.41) is 9.42. The fraction of sp³-hybridized carbons (Fsp3) is 0.700. The van der Waals surface area contributed by atoms with Gasteiger partial charge in [0.05, 0.1) is 19.7 Å². The van der Waals surface area contributed by atoms with Crippen LogP contribution in [0.5, 0.6) is 0 Å². The molecule has 1 fully saturated rings. The maximum Gasteiger partial charge on any atom is 0.410 e. The van der Waals surface area contributed by atoms with Gasteiger partial charge < -0.3 is 14.7 Å². The number of rotatable bonds is 3. The molecule has 0 aliphatic carbocycles. The Kier molecular flexibility index (Phi) is 3.37. The van der Waals surface area contributed by atoms with E-state index in [-0.39, 0.29) is 13.1 Å². The van der Waals surface area contributed by atoms with Crippen molar-refractivity contribution in [1.29, 1.82) is 0 Å². The Morgan fingerprint density at radius 3 is 2.86 bits per heavy atom. The number of ether oxygens (including phenoxy) is 1. The third kappa shape index (κ3) is 2.39. The number of hydrogen-bond acceptors (Lipinski definition) is 3. The number of carbonyl (C=O) groups is 1. The Morgan fingerprint density at radius 1 is 1.71 bits per heavy atom. The first-order valence-electron chi connectivity index (χ1n) is 4.73. The molecule has 1 amide bonds. The summed E-state index contributed by atoms with van der Waals surface area (Å²) in [5.41, 5.74) is -1.14. The lowest BCUT2D eigenvalue weighted by molar-refractivity contribution is -0.0476. The molecule has 0 aromatic heterocycles. The topological polar surface area (TPSA) is 49.8 Å². The van der Waals surface area contributed by atoms with Crippen LogP contribution in [0.1, 0.15) is 19.8 Å². The molecule has 0 unspecified atom stereocenters. The number of β-amino-alcohol motifs (C(OH)–C–C–N with tert-alkyl or cyclic N) is 1. The van der Waals surface area contributed by atoms with Gasteiger partial charge >= 0.3 is 6.09 Å². The van der Waals surface area contributed by atoms with Crippen LogP contribution in [0.3, 0.4) is 0 Å². The number of terminal acetylenes is 1. The Labute approximate surface area is 83.8 Å². The molecular formula is C10H15NO3. The highest BCUT2D eigenvalue weighted by molar-refractivity contribution is 5.69. The van der Waals surface area contributed by atoms with Gasteiger partial charge in [0.15, 0.2) is 5.60 Å². The van der Waals surface area contributed by atoms with E-state index < -0.39 is 11.7 Å². The SMILES string of the molecule is C#CC1(O)CN(C(=O)OCCCC)C1. The Bertz CT molecular complexity index is 251. The van der Waals surface area contributed by atoms with Gasteiger partial charge in [0.1, 0.15) is 0 Å². The predicted molar refractivity (Wildman–Crippen MR) is 51.6 cm³/mol. The molecule has 0 spiro atoms. The van der Waals surface area contributed by atoms with Crippen molar-refractivity contribution in [2.24, 2.45) is 0 Å². The lowest BCUT2D eigenvalue weighted by Gasteiger charge is -2.41. The Morgan fingerprint density at radius 2 is 2.36 bits per heavy atom. The molecule has 78 valence electrons. The van der Waals surface area contributed by atoms with Crippen molar-refractivity contribution in [3.8, 4) is 12.3 Å². The zero-order chi connectivity index (χ0) is 10.6. The van der Waals surface area contributed by atoms with Crippen molar-refractivity contribution < 1.29 is 14.6 Å². The number of unbranched alkanes of at least 4 members (excludes halogenated alkanes) is 1. The number of carbonyl (C=O) groups excluding carboxylic acids is 1. The minimum absolute atomic E-state index is 0.175. The molecule has 4 heteroatoms. The summed E-state index contributed by atoms with van der Waals surface area (Å²) in [4.78, 5) is 12.6. The maximum atomic E-state index is 11.2. The zero-order valence-corrected chi connectivity index (χ0v) is 8.32. The highest BCUT2D eigenvalue weighted by Gasteiger charge is 2.42. The van der Waals surface area contributed by atoms with E-state index in [2.05, 4.69) is 5.92 Å². The van der Waals surface area contributed by atoms with E-state index in [0.29, 0.717) is 6.61 Å². The second-order valence-electron chi connectivity index (χ2n) is 3.50. The minimum atomic E-state index is -1.14. The third-order valence-corrected chi connectivity index (χ3v) is 2.16. The summed E-state index contributed by atoms with van der Waals surface area (Å²) < 4.78 is 4.93. The summed E-state index contributed by atoms with van der Waals surface area (Å²) in [5.74, 6) is 2.24. The van der Waals surface area contributed by atoms with Crippen molar-refractivity contribution >= 4 is 6.09 Å². The van der Waals surface area contributed by atoms with Gasteiger partial charge in [0.2, 0.25) is 0 Å². The van der Waals surface area contributed by atoms with E-state index in [9.17, 15) is 9.90 Å². The second kappa shape index (κ2) is 4.34. The van der Waals surface area contributed by atoms with Crippen LogP contribution in [0.4, 0.5) is 4.79 Å². The average Bonchev–Trinajstić information content (AvgIpc) is 2.13. The van der Waals surface area contributed by atoms with Crippen LogP contribution in [-0.2, 0) is 4.74 Å². The van der Waals surface area contributed by atoms with E-state index in [1.165, 1.54) is 4.90 Å². The molecule has 0 saturated carbocycles. The van der Waals surface area contributed by atoms with Crippen LogP contribution < -0.4 is 0 Å². The van der Waals surface area contributed by atoms with Crippen LogP contribution in [0, 0.1) is 12.3 Å².